The zero-order valence-corrected chi connectivity index (χ0v) is 11.9. The molecular weight excluding hydrogens is 256 g/mol. The number of hydrogen-bond acceptors (Lipinski definition) is 2. The number of rotatable bonds is 6. The number of alkyl halides is 1. The molecule has 0 bridgehead atoms. The Labute approximate surface area is 109 Å². The molecule has 96 valence electrons. The quantitative estimate of drug-likeness (QED) is 0.748. The minimum Gasteiger partial charge on any atom is -0.229 e. The highest BCUT2D eigenvalue weighted by molar-refractivity contribution is 7.90. The van der Waals surface area contributed by atoms with Crippen LogP contribution in [-0.2, 0) is 16.3 Å². The van der Waals surface area contributed by atoms with Crippen LogP contribution in [0.4, 0.5) is 0 Å². The molecule has 1 aromatic carbocycles. The van der Waals surface area contributed by atoms with Crippen molar-refractivity contribution in [1.29, 1.82) is 0 Å². The molecule has 0 aromatic heterocycles. The van der Waals surface area contributed by atoms with Crippen LogP contribution in [0, 0.1) is 12.8 Å². The van der Waals surface area contributed by atoms with Gasteiger partial charge in [0.2, 0.25) is 0 Å². The van der Waals surface area contributed by atoms with Gasteiger partial charge in [0.1, 0.15) is 9.84 Å². The maximum atomic E-state index is 11.1. The van der Waals surface area contributed by atoms with Crippen LogP contribution in [0.5, 0.6) is 0 Å². The normalized spacial score (nSPS) is 13.6. The van der Waals surface area contributed by atoms with E-state index in [-0.39, 0.29) is 11.7 Å². The minimum absolute atomic E-state index is 0.219. The fraction of sp³-hybridized carbons (Fsp3) is 0.538. The maximum Gasteiger partial charge on any atom is 0.147 e. The predicted octanol–water partition coefficient (Wildman–Crippen LogP) is 2.83. The number of hydrogen-bond donors (Lipinski definition) is 0. The highest BCUT2D eigenvalue weighted by atomic mass is 35.5. The van der Waals surface area contributed by atoms with E-state index in [2.05, 4.69) is 24.3 Å². The molecule has 0 saturated heterocycles. The molecule has 0 aliphatic rings. The largest absolute Gasteiger partial charge is 0.229 e. The molecule has 0 spiro atoms. The SMILES string of the molecule is Cc1ccc(CC(CCl)CCS(C)(=O)=O)cc1. The standard InChI is InChI=1S/C13H19ClO2S/c1-11-3-5-12(6-4-11)9-13(10-14)7-8-17(2,15)16/h3-6,13H,7-10H2,1-2H3. The van der Waals surface area contributed by atoms with E-state index in [1.165, 1.54) is 17.4 Å². The molecule has 17 heavy (non-hydrogen) atoms. The maximum absolute atomic E-state index is 11.1. The summed E-state index contributed by atoms with van der Waals surface area (Å²) in [4.78, 5) is 0. The summed E-state index contributed by atoms with van der Waals surface area (Å²) in [5.74, 6) is 0.953. The van der Waals surface area contributed by atoms with E-state index in [4.69, 9.17) is 11.6 Å². The van der Waals surface area contributed by atoms with Crippen LogP contribution in [0.1, 0.15) is 17.5 Å². The Morgan fingerprint density at radius 2 is 1.82 bits per heavy atom. The zero-order valence-electron chi connectivity index (χ0n) is 10.3. The molecule has 0 amide bonds. The minimum atomic E-state index is -2.89. The summed E-state index contributed by atoms with van der Waals surface area (Å²) < 4.78 is 22.2. The van der Waals surface area contributed by atoms with Gasteiger partial charge in [0.25, 0.3) is 0 Å². The van der Waals surface area contributed by atoms with E-state index in [1.54, 1.807) is 0 Å². The molecule has 2 nitrogen and oxygen atoms in total. The summed E-state index contributed by atoms with van der Waals surface area (Å²) in [6.07, 6.45) is 2.75. The lowest BCUT2D eigenvalue weighted by atomic mass is 9.98. The molecule has 0 heterocycles. The number of aryl methyl sites for hydroxylation is 1. The first-order valence-corrected chi connectivity index (χ1v) is 8.29. The fourth-order valence-electron chi connectivity index (χ4n) is 1.67. The lowest BCUT2D eigenvalue weighted by Gasteiger charge is -2.13. The van der Waals surface area contributed by atoms with Crippen LogP contribution < -0.4 is 0 Å². The van der Waals surface area contributed by atoms with Crippen LogP contribution in [0.25, 0.3) is 0 Å². The van der Waals surface area contributed by atoms with Gasteiger partial charge in [-0.3, -0.25) is 0 Å². The van der Waals surface area contributed by atoms with Crippen molar-refractivity contribution in [3.05, 3.63) is 35.4 Å². The van der Waals surface area contributed by atoms with Crippen LogP contribution in [0.3, 0.4) is 0 Å². The van der Waals surface area contributed by atoms with Crippen LogP contribution >= 0.6 is 11.6 Å². The third-order valence-corrected chi connectivity index (χ3v) is 4.17. The topological polar surface area (TPSA) is 34.1 Å². The average Bonchev–Trinajstić information content (AvgIpc) is 2.25. The molecule has 0 aliphatic heterocycles. The number of halogens is 1. The third kappa shape index (κ3) is 6.08. The van der Waals surface area contributed by atoms with Gasteiger partial charge in [-0.15, -0.1) is 11.6 Å². The van der Waals surface area contributed by atoms with Gasteiger partial charge < -0.3 is 0 Å². The Hall–Kier alpha value is -0.540. The molecule has 0 aliphatic carbocycles. The Morgan fingerprint density at radius 1 is 1.24 bits per heavy atom. The fourth-order valence-corrected chi connectivity index (χ4v) is 2.70. The monoisotopic (exact) mass is 274 g/mol. The van der Waals surface area contributed by atoms with Gasteiger partial charge in [0, 0.05) is 12.1 Å². The van der Waals surface area contributed by atoms with Gasteiger partial charge in [0.05, 0.1) is 5.75 Å². The summed E-state index contributed by atoms with van der Waals surface area (Å²) in [7, 11) is -2.89. The second kappa shape index (κ2) is 6.41. The molecule has 0 N–H and O–H groups in total. The summed E-state index contributed by atoms with van der Waals surface area (Å²) >= 11 is 5.88. The van der Waals surface area contributed by atoms with E-state index >= 15 is 0 Å². The lowest BCUT2D eigenvalue weighted by Crippen LogP contribution is -2.13. The van der Waals surface area contributed by atoms with Crippen LogP contribution in [0.15, 0.2) is 24.3 Å². The Bertz CT molecular complexity index is 437. The Kier molecular flexibility index (Phi) is 5.47. The van der Waals surface area contributed by atoms with E-state index in [0.717, 1.165) is 6.42 Å². The predicted molar refractivity (Wildman–Crippen MR) is 73.4 cm³/mol. The molecular formula is C13H19ClO2S. The van der Waals surface area contributed by atoms with Crippen molar-refractivity contribution < 1.29 is 8.42 Å². The molecule has 0 fully saturated rings. The molecule has 1 atom stereocenters. The van der Waals surface area contributed by atoms with Gasteiger partial charge in [-0.2, -0.15) is 0 Å². The average molecular weight is 275 g/mol. The van der Waals surface area contributed by atoms with Crippen molar-refractivity contribution in [2.45, 2.75) is 19.8 Å². The molecule has 0 radical (unpaired) electrons. The number of benzene rings is 1. The second-order valence-corrected chi connectivity index (χ2v) is 7.20. The van der Waals surface area contributed by atoms with E-state index in [9.17, 15) is 8.42 Å². The Morgan fingerprint density at radius 3 is 2.29 bits per heavy atom. The summed E-state index contributed by atoms with van der Waals surface area (Å²) in [6, 6.07) is 8.29. The molecule has 4 heteroatoms. The summed E-state index contributed by atoms with van der Waals surface area (Å²) in [5.41, 5.74) is 2.45. The van der Waals surface area contributed by atoms with Crippen molar-refractivity contribution in [2.75, 3.05) is 17.9 Å². The highest BCUT2D eigenvalue weighted by Crippen LogP contribution is 2.15. The third-order valence-electron chi connectivity index (χ3n) is 2.76. The van der Waals surface area contributed by atoms with Gasteiger partial charge in [-0.25, -0.2) is 8.42 Å². The lowest BCUT2D eigenvalue weighted by molar-refractivity contribution is 0.550. The summed E-state index contributed by atoms with van der Waals surface area (Å²) in [5, 5.41) is 0. The van der Waals surface area contributed by atoms with Crippen molar-refractivity contribution >= 4 is 21.4 Å². The van der Waals surface area contributed by atoms with E-state index in [0.29, 0.717) is 12.3 Å². The Balaban J connectivity index is 2.55. The van der Waals surface area contributed by atoms with Gasteiger partial charge in [-0.05, 0) is 31.2 Å². The smallest absolute Gasteiger partial charge is 0.147 e. The molecule has 1 rings (SSSR count). The zero-order chi connectivity index (χ0) is 12.9. The van der Waals surface area contributed by atoms with Crippen molar-refractivity contribution in [3.63, 3.8) is 0 Å². The van der Waals surface area contributed by atoms with Crippen molar-refractivity contribution in [3.8, 4) is 0 Å². The highest BCUT2D eigenvalue weighted by Gasteiger charge is 2.12. The summed E-state index contributed by atoms with van der Waals surface area (Å²) in [6.45, 7) is 2.05. The van der Waals surface area contributed by atoms with E-state index in [1.807, 2.05) is 6.92 Å². The van der Waals surface area contributed by atoms with Crippen LogP contribution in [-0.4, -0.2) is 26.3 Å². The van der Waals surface area contributed by atoms with Crippen molar-refractivity contribution in [1.82, 2.24) is 0 Å². The van der Waals surface area contributed by atoms with Crippen LogP contribution in [0.2, 0.25) is 0 Å². The van der Waals surface area contributed by atoms with Gasteiger partial charge in [-0.1, -0.05) is 29.8 Å². The first-order chi connectivity index (χ1) is 7.90. The molecule has 0 saturated carbocycles. The second-order valence-electron chi connectivity index (χ2n) is 4.63. The number of sulfone groups is 1. The first-order valence-electron chi connectivity index (χ1n) is 5.70. The van der Waals surface area contributed by atoms with Gasteiger partial charge >= 0.3 is 0 Å². The first kappa shape index (κ1) is 14.5. The molecule has 1 aromatic rings. The van der Waals surface area contributed by atoms with Crippen molar-refractivity contribution in [2.24, 2.45) is 5.92 Å². The van der Waals surface area contributed by atoms with Gasteiger partial charge in [0.15, 0.2) is 0 Å². The van der Waals surface area contributed by atoms with E-state index < -0.39 is 9.84 Å². The molecule has 1 unspecified atom stereocenters.